The molecule has 24 heavy (non-hydrogen) atoms. The van der Waals surface area contributed by atoms with Crippen LogP contribution < -0.4 is 5.32 Å². The summed E-state index contributed by atoms with van der Waals surface area (Å²) in [4.78, 5) is 23.9. The van der Waals surface area contributed by atoms with E-state index in [1.54, 1.807) is 18.2 Å². The summed E-state index contributed by atoms with van der Waals surface area (Å²) in [5, 5.41) is 3.26. The van der Waals surface area contributed by atoms with E-state index in [0.29, 0.717) is 21.3 Å². The molecule has 7 heteroatoms. The average molecular weight is 370 g/mol. The molecule has 1 amide bonds. The predicted molar refractivity (Wildman–Crippen MR) is 90.7 cm³/mol. The lowest BCUT2D eigenvalue weighted by Crippen LogP contribution is -2.30. The maximum atomic E-state index is 12.8. The van der Waals surface area contributed by atoms with Gasteiger partial charge in [-0.05, 0) is 48.9 Å². The van der Waals surface area contributed by atoms with Gasteiger partial charge in [0.2, 0.25) is 0 Å². The van der Waals surface area contributed by atoms with Crippen LogP contribution in [0.15, 0.2) is 42.5 Å². The Morgan fingerprint density at radius 1 is 1.12 bits per heavy atom. The number of amides is 1. The smallest absolute Gasteiger partial charge is 0.311 e. The molecule has 0 heterocycles. The van der Waals surface area contributed by atoms with Gasteiger partial charge in [-0.3, -0.25) is 9.59 Å². The van der Waals surface area contributed by atoms with Gasteiger partial charge in [0.25, 0.3) is 5.91 Å². The van der Waals surface area contributed by atoms with E-state index >= 15 is 0 Å². The first kappa shape index (κ1) is 18.2. The van der Waals surface area contributed by atoms with Crippen molar-refractivity contribution in [3.63, 3.8) is 0 Å². The first-order valence-electron chi connectivity index (χ1n) is 7.05. The lowest BCUT2D eigenvalue weighted by atomic mass is 10.1. The summed E-state index contributed by atoms with van der Waals surface area (Å²) in [7, 11) is 0. The fraction of sp³-hybridized carbons (Fsp3) is 0.176. The highest BCUT2D eigenvalue weighted by atomic mass is 35.5. The molecule has 0 aliphatic carbocycles. The number of esters is 1. The highest BCUT2D eigenvalue weighted by Crippen LogP contribution is 2.23. The van der Waals surface area contributed by atoms with Gasteiger partial charge >= 0.3 is 5.97 Å². The number of nitrogens with one attached hydrogen (secondary N) is 1. The molecule has 0 saturated carbocycles. The van der Waals surface area contributed by atoms with Gasteiger partial charge in [0.05, 0.1) is 16.5 Å². The Morgan fingerprint density at radius 2 is 1.79 bits per heavy atom. The maximum Gasteiger partial charge on any atom is 0.311 e. The van der Waals surface area contributed by atoms with Crippen molar-refractivity contribution < 1.29 is 18.7 Å². The zero-order chi connectivity index (χ0) is 17.7. The molecule has 0 aliphatic rings. The van der Waals surface area contributed by atoms with Gasteiger partial charge in [-0.15, -0.1) is 0 Å². The molecule has 2 aromatic carbocycles. The monoisotopic (exact) mass is 369 g/mol. The molecule has 1 N–H and O–H groups in total. The lowest BCUT2D eigenvalue weighted by Gasteiger charge is -2.13. The Labute approximate surface area is 148 Å². The third kappa shape index (κ3) is 5.22. The molecule has 4 nitrogen and oxygen atoms in total. The van der Waals surface area contributed by atoms with Crippen LogP contribution in [0.1, 0.15) is 12.5 Å². The van der Waals surface area contributed by atoms with Crippen molar-refractivity contribution in [1.82, 2.24) is 0 Å². The van der Waals surface area contributed by atoms with E-state index in [1.165, 1.54) is 31.2 Å². The van der Waals surface area contributed by atoms with Crippen LogP contribution in [-0.2, 0) is 20.7 Å². The number of carbonyl (C=O) groups is 2. The van der Waals surface area contributed by atoms with Crippen LogP contribution in [-0.4, -0.2) is 18.0 Å². The normalized spacial score (nSPS) is 11.7. The standard InChI is InChI=1S/C17H14Cl2FNO3/c1-10(17(23)21-13-5-3-12(20)4-6-13)24-16(22)9-11-2-7-14(18)15(19)8-11/h2-8,10H,9H2,1H3,(H,21,23)/t10-/m1/s1. The van der Waals surface area contributed by atoms with Crippen LogP contribution in [0.5, 0.6) is 0 Å². The Hall–Kier alpha value is -2.11. The first-order valence-corrected chi connectivity index (χ1v) is 7.80. The van der Waals surface area contributed by atoms with Crippen LogP contribution >= 0.6 is 23.2 Å². The summed E-state index contributed by atoms with van der Waals surface area (Å²) >= 11 is 11.7. The van der Waals surface area contributed by atoms with Gasteiger partial charge in [0.15, 0.2) is 6.10 Å². The minimum atomic E-state index is -0.995. The molecule has 0 spiro atoms. The third-order valence-electron chi connectivity index (χ3n) is 3.12. The molecule has 2 rings (SSSR count). The number of carbonyl (C=O) groups excluding carboxylic acids is 2. The topological polar surface area (TPSA) is 55.4 Å². The Balaban J connectivity index is 1.89. The highest BCUT2D eigenvalue weighted by Gasteiger charge is 2.18. The SMILES string of the molecule is C[C@@H](OC(=O)Cc1ccc(Cl)c(Cl)c1)C(=O)Nc1ccc(F)cc1. The molecule has 0 fully saturated rings. The molecule has 1 atom stereocenters. The number of hydrogen-bond acceptors (Lipinski definition) is 3. The molecule has 0 aliphatic heterocycles. The molecule has 126 valence electrons. The van der Waals surface area contributed by atoms with E-state index in [9.17, 15) is 14.0 Å². The third-order valence-corrected chi connectivity index (χ3v) is 3.86. The quantitative estimate of drug-likeness (QED) is 0.801. The molecule has 2 aromatic rings. The maximum absolute atomic E-state index is 12.8. The molecule has 0 radical (unpaired) electrons. The number of rotatable bonds is 5. The summed E-state index contributed by atoms with van der Waals surface area (Å²) in [6.45, 7) is 1.45. The van der Waals surface area contributed by atoms with Gasteiger partial charge in [-0.25, -0.2) is 4.39 Å². The number of benzene rings is 2. The van der Waals surface area contributed by atoms with Crippen molar-refractivity contribution >= 4 is 40.8 Å². The Kier molecular flexibility index (Phi) is 6.17. The molecule has 0 aromatic heterocycles. The van der Waals surface area contributed by atoms with E-state index in [-0.39, 0.29) is 6.42 Å². The van der Waals surface area contributed by atoms with Crippen molar-refractivity contribution in [3.8, 4) is 0 Å². The lowest BCUT2D eigenvalue weighted by molar-refractivity contribution is -0.152. The summed E-state index contributed by atoms with van der Waals surface area (Å²) in [5.74, 6) is -1.49. The Bertz CT molecular complexity index is 750. The van der Waals surface area contributed by atoms with E-state index in [0.717, 1.165) is 0 Å². The minimum absolute atomic E-state index is 0.0366. The zero-order valence-corrected chi connectivity index (χ0v) is 14.2. The van der Waals surface area contributed by atoms with Crippen LogP contribution in [0.3, 0.4) is 0 Å². The van der Waals surface area contributed by atoms with E-state index in [1.807, 2.05) is 0 Å². The summed E-state index contributed by atoms with van der Waals surface area (Å²) in [6, 6.07) is 10.1. The largest absolute Gasteiger partial charge is 0.452 e. The summed E-state index contributed by atoms with van der Waals surface area (Å²) < 4.78 is 17.9. The number of anilines is 1. The number of halogens is 3. The fourth-order valence-corrected chi connectivity index (χ4v) is 2.21. The number of hydrogen-bond donors (Lipinski definition) is 1. The predicted octanol–water partition coefficient (Wildman–Crippen LogP) is 4.25. The molecule has 0 unspecified atom stereocenters. The number of ether oxygens (including phenoxy) is 1. The van der Waals surface area contributed by atoms with Crippen molar-refractivity contribution in [2.45, 2.75) is 19.4 Å². The van der Waals surface area contributed by atoms with Gasteiger partial charge in [-0.2, -0.15) is 0 Å². The fourth-order valence-electron chi connectivity index (χ4n) is 1.89. The van der Waals surface area contributed by atoms with Gasteiger partial charge in [-0.1, -0.05) is 29.3 Å². The van der Waals surface area contributed by atoms with E-state index in [2.05, 4.69) is 5.32 Å². The average Bonchev–Trinajstić information content (AvgIpc) is 2.53. The van der Waals surface area contributed by atoms with E-state index < -0.39 is 23.8 Å². The van der Waals surface area contributed by atoms with E-state index in [4.69, 9.17) is 27.9 Å². The summed E-state index contributed by atoms with van der Waals surface area (Å²) in [6.07, 6.45) is -1.03. The zero-order valence-electron chi connectivity index (χ0n) is 12.7. The Morgan fingerprint density at radius 3 is 2.42 bits per heavy atom. The second-order valence-electron chi connectivity index (χ2n) is 5.05. The summed E-state index contributed by atoms with van der Waals surface area (Å²) in [5.41, 5.74) is 1.04. The van der Waals surface area contributed by atoms with Crippen LogP contribution in [0.2, 0.25) is 10.0 Å². The van der Waals surface area contributed by atoms with Crippen LogP contribution in [0, 0.1) is 5.82 Å². The molecular weight excluding hydrogens is 356 g/mol. The van der Waals surface area contributed by atoms with Gasteiger partial charge in [0, 0.05) is 5.69 Å². The van der Waals surface area contributed by atoms with Crippen LogP contribution in [0.25, 0.3) is 0 Å². The van der Waals surface area contributed by atoms with Crippen molar-refractivity contribution in [2.24, 2.45) is 0 Å². The van der Waals surface area contributed by atoms with Gasteiger partial charge in [0.1, 0.15) is 5.82 Å². The molecular formula is C17H14Cl2FNO3. The molecule has 0 bridgehead atoms. The minimum Gasteiger partial charge on any atom is -0.452 e. The van der Waals surface area contributed by atoms with Crippen molar-refractivity contribution in [3.05, 3.63) is 63.9 Å². The molecule has 0 saturated heterocycles. The first-order chi connectivity index (χ1) is 11.3. The second-order valence-corrected chi connectivity index (χ2v) is 5.87. The second kappa shape index (κ2) is 8.13. The van der Waals surface area contributed by atoms with Gasteiger partial charge < -0.3 is 10.1 Å². The van der Waals surface area contributed by atoms with Crippen LogP contribution in [0.4, 0.5) is 10.1 Å². The van der Waals surface area contributed by atoms with Crippen molar-refractivity contribution in [2.75, 3.05) is 5.32 Å². The van der Waals surface area contributed by atoms with Crippen molar-refractivity contribution in [1.29, 1.82) is 0 Å². The highest BCUT2D eigenvalue weighted by molar-refractivity contribution is 6.42.